The molecule has 0 saturated carbocycles. The third-order valence-corrected chi connectivity index (χ3v) is 5.86. The van der Waals surface area contributed by atoms with Gasteiger partial charge in [0.25, 0.3) is 5.89 Å². The molecule has 1 unspecified atom stereocenters. The van der Waals surface area contributed by atoms with Gasteiger partial charge in [0.15, 0.2) is 11.6 Å². The van der Waals surface area contributed by atoms with Gasteiger partial charge in [0.05, 0.1) is 5.56 Å². The second-order valence-electron chi connectivity index (χ2n) is 7.54. The van der Waals surface area contributed by atoms with Crippen LogP contribution in [0.2, 0.25) is 0 Å². The van der Waals surface area contributed by atoms with Crippen molar-refractivity contribution >= 4 is 32.7 Å². The number of hydrogen-bond donors (Lipinski definition) is 0. The summed E-state index contributed by atoms with van der Waals surface area (Å²) in [6.07, 6.45) is 2.15. The summed E-state index contributed by atoms with van der Waals surface area (Å²) in [7, 11) is 0. The molecule has 142 valence electrons. The van der Waals surface area contributed by atoms with Gasteiger partial charge in [-0.3, -0.25) is 0 Å². The minimum Gasteiger partial charge on any atom is -0.353 e. The predicted molar refractivity (Wildman–Crippen MR) is 107 cm³/mol. The van der Waals surface area contributed by atoms with Crippen LogP contribution in [0.1, 0.15) is 38.1 Å². The molecule has 1 fully saturated rings. The van der Waals surface area contributed by atoms with Gasteiger partial charge in [-0.05, 0) is 57.2 Å². The first-order chi connectivity index (χ1) is 12.8. The zero-order valence-corrected chi connectivity index (χ0v) is 17.5. The maximum absolute atomic E-state index is 14.7. The van der Waals surface area contributed by atoms with Crippen LogP contribution >= 0.6 is 15.9 Å². The maximum Gasteiger partial charge on any atom is 0.261 e. The average Bonchev–Trinajstić information content (AvgIpc) is 3.01. The highest BCUT2D eigenvalue weighted by Gasteiger charge is 2.30. The Morgan fingerprint density at radius 3 is 2.67 bits per heavy atom. The van der Waals surface area contributed by atoms with Gasteiger partial charge in [0.1, 0.15) is 11.3 Å². The number of pyridine rings is 1. The average molecular weight is 433 g/mol. The van der Waals surface area contributed by atoms with Crippen molar-refractivity contribution in [2.45, 2.75) is 46.6 Å². The molecule has 0 spiro atoms. The van der Waals surface area contributed by atoms with Gasteiger partial charge in [0.2, 0.25) is 0 Å². The van der Waals surface area contributed by atoms with Crippen LogP contribution in [0.25, 0.3) is 22.4 Å². The Morgan fingerprint density at radius 1 is 1.22 bits per heavy atom. The standard InChI is InChI=1S/C20H22BrFN4O/c1-10-5-6-26(11(2)7-10)19-17(20-23-13(4)25-27-20)12(3)15-8-14(21)9-16(22)18(15)24-19/h8-11H,5-7H2,1-4H3/t10-,11?/m1/s1. The molecule has 2 aromatic heterocycles. The third kappa shape index (κ3) is 3.22. The van der Waals surface area contributed by atoms with Crippen LogP contribution in [0.15, 0.2) is 21.1 Å². The molecular weight excluding hydrogens is 411 g/mol. The van der Waals surface area contributed by atoms with E-state index in [0.29, 0.717) is 33.7 Å². The largest absolute Gasteiger partial charge is 0.353 e. The fourth-order valence-corrected chi connectivity index (χ4v) is 4.44. The summed E-state index contributed by atoms with van der Waals surface area (Å²) in [5, 5.41) is 4.70. The van der Waals surface area contributed by atoms with Crippen LogP contribution in [0.3, 0.4) is 0 Å². The molecule has 1 aliphatic rings. The SMILES string of the molecule is Cc1noc(-c2c(N3CC[C@@H](C)CC3C)nc3c(F)cc(Br)cc3c2C)n1. The highest BCUT2D eigenvalue weighted by molar-refractivity contribution is 9.10. The molecule has 0 bridgehead atoms. The lowest BCUT2D eigenvalue weighted by atomic mass is 9.92. The summed E-state index contributed by atoms with van der Waals surface area (Å²) in [6, 6.07) is 3.65. The molecular formula is C20H22BrFN4O. The number of anilines is 1. The topological polar surface area (TPSA) is 55.1 Å². The van der Waals surface area contributed by atoms with Gasteiger partial charge in [-0.25, -0.2) is 9.37 Å². The zero-order valence-electron chi connectivity index (χ0n) is 15.9. The summed E-state index contributed by atoms with van der Waals surface area (Å²) in [5.74, 6) is 2.05. The van der Waals surface area contributed by atoms with E-state index in [1.165, 1.54) is 6.07 Å². The summed E-state index contributed by atoms with van der Waals surface area (Å²) in [6.45, 7) is 9.09. The lowest BCUT2D eigenvalue weighted by Gasteiger charge is -2.38. The van der Waals surface area contributed by atoms with Crippen molar-refractivity contribution in [2.24, 2.45) is 5.92 Å². The van der Waals surface area contributed by atoms with Crippen molar-refractivity contribution < 1.29 is 8.91 Å². The number of hydrogen-bond acceptors (Lipinski definition) is 5. The minimum absolute atomic E-state index is 0.305. The third-order valence-electron chi connectivity index (χ3n) is 5.40. The van der Waals surface area contributed by atoms with Crippen molar-refractivity contribution in [2.75, 3.05) is 11.4 Å². The van der Waals surface area contributed by atoms with E-state index in [-0.39, 0.29) is 5.82 Å². The summed E-state index contributed by atoms with van der Waals surface area (Å²) < 4.78 is 20.9. The number of fused-ring (bicyclic) bond motifs is 1. The Kier molecular flexibility index (Phi) is 4.66. The lowest BCUT2D eigenvalue weighted by Crippen LogP contribution is -2.41. The molecule has 1 saturated heterocycles. The number of aromatic nitrogens is 3. The van der Waals surface area contributed by atoms with Gasteiger partial charge < -0.3 is 9.42 Å². The van der Waals surface area contributed by atoms with Crippen LogP contribution in [0.4, 0.5) is 10.2 Å². The van der Waals surface area contributed by atoms with E-state index >= 15 is 0 Å². The number of halogens is 2. The van der Waals surface area contributed by atoms with Gasteiger partial charge >= 0.3 is 0 Å². The van der Waals surface area contributed by atoms with E-state index in [4.69, 9.17) is 9.51 Å². The first-order valence-corrected chi connectivity index (χ1v) is 10.0. The van der Waals surface area contributed by atoms with E-state index in [1.807, 2.05) is 13.0 Å². The summed E-state index contributed by atoms with van der Waals surface area (Å²) in [5.41, 5.74) is 2.06. The number of rotatable bonds is 2. The molecule has 0 radical (unpaired) electrons. The molecule has 7 heteroatoms. The fourth-order valence-electron chi connectivity index (χ4n) is 4.01. The molecule has 0 amide bonds. The summed E-state index contributed by atoms with van der Waals surface area (Å²) in [4.78, 5) is 11.5. The van der Waals surface area contributed by atoms with Crippen molar-refractivity contribution in [1.82, 2.24) is 15.1 Å². The van der Waals surface area contributed by atoms with E-state index in [2.05, 4.69) is 44.8 Å². The normalized spacial score (nSPS) is 20.4. The molecule has 0 N–H and O–H groups in total. The minimum atomic E-state index is -0.338. The molecule has 3 heterocycles. The van der Waals surface area contributed by atoms with Crippen molar-refractivity contribution in [3.05, 3.63) is 33.8 Å². The van der Waals surface area contributed by atoms with Crippen LogP contribution in [0.5, 0.6) is 0 Å². The first-order valence-electron chi connectivity index (χ1n) is 9.21. The Bertz CT molecular complexity index is 1020. The van der Waals surface area contributed by atoms with Crippen LogP contribution in [-0.4, -0.2) is 27.7 Å². The van der Waals surface area contributed by atoms with Crippen molar-refractivity contribution in [3.63, 3.8) is 0 Å². The van der Waals surface area contributed by atoms with Gasteiger partial charge in [-0.15, -0.1) is 0 Å². The number of nitrogens with zero attached hydrogens (tertiary/aromatic N) is 4. The molecule has 1 aromatic carbocycles. The van der Waals surface area contributed by atoms with E-state index in [0.717, 1.165) is 41.7 Å². The number of piperidine rings is 1. The fraction of sp³-hybridized carbons (Fsp3) is 0.450. The second kappa shape index (κ2) is 6.86. The zero-order chi connectivity index (χ0) is 19.3. The van der Waals surface area contributed by atoms with Crippen LogP contribution in [-0.2, 0) is 0 Å². The van der Waals surface area contributed by atoms with Gasteiger partial charge in [-0.2, -0.15) is 4.98 Å². The number of aryl methyl sites for hydroxylation is 2. The van der Waals surface area contributed by atoms with E-state index in [9.17, 15) is 4.39 Å². The molecule has 27 heavy (non-hydrogen) atoms. The van der Waals surface area contributed by atoms with E-state index < -0.39 is 0 Å². The van der Waals surface area contributed by atoms with Crippen molar-refractivity contribution in [3.8, 4) is 11.5 Å². The monoisotopic (exact) mass is 432 g/mol. The molecule has 4 rings (SSSR count). The lowest BCUT2D eigenvalue weighted by molar-refractivity contribution is 0.375. The van der Waals surface area contributed by atoms with Gasteiger partial charge in [0, 0.05) is 22.4 Å². The quantitative estimate of drug-likeness (QED) is 0.540. The highest BCUT2D eigenvalue weighted by atomic mass is 79.9. The van der Waals surface area contributed by atoms with Crippen LogP contribution in [0, 0.1) is 25.6 Å². The van der Waals surface area contributed by atoms with E-state index in [1.54, 1.807) is 6.92 Å². The second-order valence-corrected chi connectivity index (χ2v) is 8.45. The Balaban J connectivity index is 2.00. The molecule has 3 aromatic rings. The van der Waals surface area contributed by atoms with Crippen molar-refractivity contribution in [1.29, 1.82) is 0 Å². The Morgan fingerprint density at radius 2 is 2.00 bits per heavy atom. The molecule has 0 aliphatic carbocycles. The summed E-state index contributed by atoms with van der Waals surface area (Å²) >= 11 is 3.38. The Hall–Kier alpha value is -2.02. The smallest absolute Gasteiger partial charge is 0.261 e. The molecule has 5 nitrogen and oxygen atoms in total. The molecule has 1 aliphatic heterocycles. The van der Waals surface area contributed by atoms with Crippen LogP contribution < -0.4 is 4.90 Å². The molecule has 2 atom stereocenters. The number of benzene rings is 1. The van der Waals surface area contributed by atoms with Gasteiger partial charge in [-0.1, -0.05) is 28.0 Å². The Labute approximate surface area is 166 Å². The maximum atomic E-state index is 14.7. The highest BCUT2D eigenvalue weighted by Crippen LogP contribution is 2.40. The first kappa shape index (κ1) is 18.3. The predicted octanol–water partition coefficient (Wildman–Crippen LogP) is 5.43.